The Kier molecular flexibility index (Phi) is 7.37. The second-order valence-electron chi connectivity index (χ2n) is 7.71. The first-order chi connectivity index (χ1) is 10.7. The molecule has 22 heavy (non-hydrogen) atoms. The summed E-state index contributed by atoms with van der Waals surface area (Å²) in [4.78, 5) is 0. The number of halogens is 2. The summed E-state index contributed by atoms with van der Waals surface area (Å²) in [6.45, 7) is 4.42. The van der Waals surface area contributed by atoms with Gasteiger partial charge in [-0.3, -0.25) is 0 Å². The Hall–Kier alpha value is -0.400. The molecule has 2 heteroatoms. The van der Waals surface area contributed by atoms with Crippen molar-refractivity contribution in [1.82, 2.24) is 0 Å². The monoisotopic (exact) mass is 312 g/mol. The highest BCUT2D eigenvalue weighted by molar-refractivity contribution is 5.09. The maximum Gasteiger partial charge on any atom is 0.135 e. The van der Waals surface area contributed by atoms with Crippen LogP contribution in [0.15, 0.2) is 11.7 Å². The first kappa shape index (κ1) is 17.9. The van der Waals surface area contributed by atoms with Crippen molar-refractivity contribution in [2.75, 3.05) is 0 Å². The van der Waals surface area contributed by atoms with Gasteiger partial charge in [0.15, 0.2) is 0 Å². The maximum atomic E-state index is 14.5. The zero-order chi connectivity index (χ0) is 15.9. The molecule has 128 valence electrons. The van der Waals surface area contributed by atoms with Gasteiger partial charge in [0.1, 0.15) is 11.7 Å². The molecule has 0 aromatic carbocycles. The summed E-state index contributed by atoms with van der Waals surface area (Å²) in [5.41, 5.74) is 0. The van der Waals surface area contributed by atoms with Crippen molar-refractivity contribution in [3.63, 3.8) is 0 Å². The topological polar surface area (TPSA) is 0 Å². The van der Waals surface area contributed by atoms with Crippen LogP contribution in [0.4, 0.5) is 8.78 Å². The van der Waals surface area contributed by atoms with Crippen molar-refractivity contribution in [3.8, 4) is 0 Å². The standard InChI is InChI=1S/C20H34F2/c1-3-5-15-7-11-17(12-8-15)19(21)20(22)18-13-9-16(6-4-2)10-14-18/h15-18H,3-14H2,1-2H3/b20-19+. The van der Waals surface area contributed by atoms with E-state index in [9.17, 15) is 8.78 Å². The number of rotatable bonds is 6. The SMILES string of the molecule is CCCC1CCC(/C(F)=C(\F)C2CCC(CCC)CC2)CC1. The number of allylic oxidation sites excluding steroid dienone is 2. The Labute approximate surface area is 135 Å². The van der Waals surface area contributed by atoms with E-state index in [0.717, 1.165) is 63.2 Å². The van der Waals surface area contributed by atoms with Crippen LogP contribution in [0.3, 0.4) is 0 Å². The summed E-state index contributed by atoms with van der Waals surface area (Å²) in [7, 11) is 0. The van der Waals surface area contributed by atoms with Gasteiger partial charge in [-0.2, -0.15) is 0 Å². The summed E-state index contributed by atoms with van der Waals surface area (Å²) in [5, 5.41) is 0. The van der Waals surface area contributed by atoms with Crippen molar-refractivity contribution >= 4 is 0 Å². The second-order valence-corrected chi connectivity index (χ2v) is 7.71. The lowest BCUT2D eigenvalue weighted by molar-refractivity contribution is 0.228. The summed E-state index contributed by atoms with van der Waals surface area (Å²) in [6.07, 6.45) is 12.7. The van der Waals surface area contributed by atoms with Crippen molar-refractivity contribution in [1.29, 1.82) is 0 Å². The Balaban J connectivity index is 1.85. The molecule has 0 unspecified atom stereocenters. The first-order valence-electron chi connectivity index (χ1n) is 9.70. The smallest absolute Gasteiger partial charge is 0.135 e. The van der Waals surface area contributed by atoms with Crippen LogP contribution in [0, 0.1) is 23.7 Å². The van der Waals surface area contributed by atoms with Crippen LogP contribution in [-0.2, 0) is 0 Å². The lowest BCUT2D eigenvalue weighted by atomic mass is 9.76. The van der Waals surface area contributed by atoms with Crippen LogP contribution >= 0.6 is 0 Å². The number of hydrogen-bond donors (Lipinski definition) is 0. The predicted molar refractivity (Wildman–Crippen MR) is 90.0 cm³/mol. The van der Waals surface area contributed by atoms with Gasteiger partial charge < -0.3 is 0 Å². The van der Waals surface area contributed by atoms with Crippen LogP contribution in [0.5, 0.6) is 0 Å². The molecule has 0 atom stereocenters. The molecule has 0 saturated heterocycles. The second kappa shape index (κ2) is 9.03. The molecule has 0 N–H and O–H groups in total. The molecule has 2 aliphatic carbocycles. The van der Waals surface area contributed by atoms with Gasteiger partial charge in [0.05, 0.1) is 0 Å². The molecule has 2 saturated carbocycles. The minimum Gasteiger partial charge on any atom is -0.209 e. The quantitative estimate of drug-likeness (QED) is 0.481. The van der Waals surface area contributed by atoms with E-state index in [1.165, 1.54) is 25.7 Å². The molecule has 0 aromatic heterocycles. The molecule has 0 amide bonds. The summed E-state index contributed by atoms with van der Waals surface area (Å²) < 4.78 is 29.1. The van der Waals surface area contributed by atoms with Gasteiger partial charge >= 0.3 is 0 Å². The highest BCUT2D eigenvalue weighted by Gasteiger charge is 2.30. The zero-order valence-corrected chi connectivity index (χ0v) is 14.6. The van der Waals surface area contributed by atoms with Gasteiger partial charge in [0, 0.05) is 11.8 Å². The lowest BCUT2D eigenvalue weighted by Crippen LogP contribution is -2.19. The molecule has 2 fully saturated rings. The third kappa shape index (κ3) is 4.80. The van der Waals surface area contributed by atoms with Crippen LogP contribution < -0.4 is 0 Å². The van der Waals surface area contributed by atoms with Gasteiger partial charge in [-0.25, -0.2) is 8.78 Å². The van der Waals surface area contributed by atoms with E-state index in [1.807, 2.05) is 0 Å². The molecule has 0 bridgehead atoms. The van der Waals surface area contributed by atoms with Crippen LogP contribution in [-0.4, -0.2) is 0 Å². The van der Waals surface area contributed by atoms with Crippen molar-refractivity contribution in [3.05, 3.63) is 11.7 Å². The largest absolute Gasteiger partial charge is 0.209 e. The molecular formula is C20H34F2. The first-order valence-corrected chi connectivity index (χ1v) is 9.70. The van der Waals surface area contributed by atoms with Crippen molar-refractivity contribution in [2.45, 2.75) is 90.9 Å². The molecule has 2 aliphatic rings. The fraction of sp³-hybridized carbons (Fsp3) is 0.900. The van der Waals surface area contributed by atoms with E-state index in [-0.39, 0.29) is 23.5 Å². The molecular weight excluding hydrogens is 278 g/mol. The molecule has 0 radical (unpaired) electrons. The average molecular weight is 312 g/mol. The van der Waals surface area contributed by atoms with E-state index in [4.69, 9.17) is 0 Å². The van der Waals surface area contributed by atoms with Crippen LogP contribution in [0.25, 0.3) is 0 Å². The Bertz CT molecular complexity index is 311. The van der Waals surface area contributed by atoms with Crippen molar-refractivity contribution in [2.24, 2.45) is 23.7 Å². The van der Waals surface area contributed by atoms with E-state index < -0.39 is 0 Å². The third-order valence-electron chi connectivity index (χ3n) is 6.03. The molecule has 0 aliphatic heterocycles. The highest BCUT2D eigenvalue weighted by Crippen LogP contribution is 2.42. The fourth-order valence-corrected chi connectivity index (χ4v) is 4.62. The lowest BCUT2D eigenvalue weighted by Gasteiger charge is -2.30. The van der Waals surface area contributed by atoms with E-state index in [1.54, 1.807) is 0 Å². The molecule has 0 aromatic rings. The zero-order valence-electron chi connectivity index (χ0n) is 14.6. The average Bonchev–Trinajstić information content (AvgIpc) is 2.55. The van der Waals surface area contributed by atoms with Gasteiger partial charge in [-0.1, -0.05) is 39.5 Å². The van der Waals surface area contributed by atoms with Crippen LogP contribution in [0.1, 0.15) is 90.9 Å². The minimum atomic E-state index is -0.381. The molecule has 0 heterocycles. The van der Waals surface area contributed by atoms with Gasteiger partial charge in [-0.05, 0) is 63.2 Å². The summed E-state index contributed by atoms with van der Waals surface area (Å²) >= 11 is 0. The van der Waals surface area contributed by atoms with Gasteiger partial charge in [0.2, 0.25) is 0 Å². The normalized spacial score (nSPS) is 34.4. The third-order valence-corrected chi connectivity index (χ3v) is 6.03. The maximum absolute atomic E-state index is 14.5. The predicted octanol–water partition coefficient (Wildman–Crippen LogP) is 7.35. The molecule has 0 spiro atoms. The molecule has 0 nitrogen and oxygen atoms in total. The van der Waals surface area contributed by atoms with E-state index in [2.05, 4.69) is 13.8 Å². The summed E-state index contributed by atoms with van der Waals surface area (Å²) in [5.74, 6) is 0.494. The highest BCUT2D eigenvalue weighted by atomic mass is 19.2. The Morgan fingerprint density at radius 1 is 0.636 bits per heavy atom. The van der Waals surface area contributed by atoms with Gasteiger partial charge in [0.25, 0.3) is 0 Å². The fourth-order valence-electron chi connectivity index (χ4n) is 4.62. The van der Waals surface area contributed by atoms with E-state index >= 15 is 0 Å². The van der Waals surface area contributed by atoms with E-state index in [0.29, 0.717) is 0 Å². The number of hydrogen-bond acceptors (Lipinski definition) is 0. The molecule has 2 rings (SSSR count). The Morgan fingerprint density at radius 3 is 1.23 bits per heavy atom. The van der Waals surface area contributed by atoms with Crippen LogP contribution in [0.2, 0.25) is 0 Å². The minimum absolute atomic E-state index is 0.124. The van der Waals surface area contributed by atoms with Gasteiger partial charge in [-0.15, -0.1) is 0 Å². The Morgan fingerprint density at radius 2 is 0.955 bits per heavy atom. The van der Waals surface area contributed by atoms with Crippen molar-refractivity contribution < 1.29 is 8.78 Å². The summed E-state index contributed by atoms with van der Waals surface area (Å²) in [6, 6.07) is 0.